The highest BCUT2D eigenvalue weighted by Crippen LogP contribution is 2.33. The molecule has 0 aromatic heterocycles. The van der Waals surface area contributed by atoms with Crippen LogP contribution in [0.4, 0.5) is 10.1 Å². The Balaban J connectivity index is 2.11. The van der Waals surface area contributed by atoms with Crippen LogP contribution >= 0.6 is 23.2 Å². The van der Waals surface area contributed by atoms with Gasteiger partial charge in [-0.25, -0.2) is 12.8 Å². The van der Waals surface area contributed by atoms with E-state index in [1.807, 2.05) is 27.7 Å². The van der Waals surface area contributed by atoms with Crippen LogP contribution < -0.4 is 9.62 Å². The normalized spacial score (nSPS) is 12.5. The SMILES string of the molecule is CCC(C(=O)NC(C)(C)C)N(Cc1ccc(F)cc1)C(=O)CN(c1cc(Cl)ccc1Cl)S(=O)(=O)c1ccc(C)cc1. The standard InChI is InChI=1S/C30H34Cl2FN3O4S/c1-6-26(29(38)34-30(3,4)5)35(18-21-9-12-23(33)13-10-21)28(37)19-36(27-17-22(31)11-16-25(27)32)41(39,40)24-14-7-20(2)8-15-24/h7-17,26H,6,18-19H2,1-5H3,(H,34,38). The van der Waals surface area contributed by atoms with Gasteiger partial charge in [0.25, 0.3) is 10.0 Å². The van der Waals surface area contributed by atoms with Crippen LogP contribution in [0.25, 0.3) is 0 Å². The zero-order chi connectivity index (χ0) is 30.5. The van der Waals surface area contributed by atoms with E-state index in [0.29, 0.717) is 5.56 Å². The molecule has 0 saturated carbocycles. The summed E-state index contributed by atoms with van der Waals surface area (Å²) in [6, 6.07) is 15.1. The van der Waals surface area contributed by atoms with Crippen molar-refractivity contribution in [3.63, 3.8) is 0 Å². The van der Waals surface area contributed by atoms with Crippen molar-refractivity contribution in [3.05, 3.63) is 93.7 Å². The third kappa shape index (κ3) is 8.44. The maximum atomic E-state index is 14.1. The van der Waals surface area contributed by atoms with E-state index in [1.54, 1.807) is 19.1 Å². The summed E-state index contributed by atoms with van der Waals surface area (Å²) in [5.41, 5.74) is 0.857. The van der Waals surface area contributed by atoms with E-state index in [4.69, 9.17) is 23.2 Å². The van der Waals surface area contributed by atoms with Gasteiger partial charge in [0, 0.05) is 17.1 Å². The predicted octanol–water partition coefficient (Wildman–Crippen LogP) is 6.36. The van der Waals surface area contributed by atoms with Gasteiger partial charge < -0.3 is 10.2 Å². The zero-order valence-corrected chi connectivity index (χ0v) is 25.9. The number of carbonyl (C=O) groups excluding carboxylic acids is 2. The molecule has 11 heteroatoms. The highest BCUT2D eigenvalue weighted by atomic mass is 35.5. The molecule has 0 heterocycles. The van der Waals surface area contributed by atoms with E-state index in [2.05, 4.69) is 5.32 Å². The molecule has 3 rings (SSSR count). The Bertz CT molecular complexity index is 1490. The topological polar surface area (TPSA) is 86.8 Å². The minimum Gasteiger partial charge on any atom is -0.350 e. The fourth-order valence-electron chi connectivity index (χ4n) is 4.19. The molecule has 0 aliphatic carbocycles. The summed E-state index contributed by atoms with van der Waals surface area (Å²) in [6.45, 7) is 8.31. The van der Waals surface area contributed by atoms with Crippen molar-refractivity contribution in [3.8, 4) is 0 Å². The smallest absolute Gasteiger partial charge is 0.264 e. The minimum atomic E-state index is -4.31. The third-order valence-electron chi connectivity index (χ3n) is 6.22. The van der Waals surface area contributed by atoms with Crippen LogP contribution in [-0.2, 0) is 26.2 Å². The van der Waals surface area contributed by atoms with Crippen molar-refractivity contribution in [2.45, 2.75) is 64.1 Å². The number of halogens is 3. The molecular formula is C30H34Cl2FN3O4S. The Kier molecular flexibility index (Phi) is 10.4. The molecule has 0 aliphatic heterocycles. The van der Waals surface area contributed by atoms with Gasteiger partial charge in [-0.3, -0.25) is 13.9 Å². The van der Waals surface area contributed by atoms with E-state index in [0.717, 1.165) is 9.87 Å². The number of rotatable bonds is 10. The number of aryl methyl sites for hydroxylation is 1. The van der Waals surface area contributed by atoms with Crippen LogP contribution in [-0.4, -0.2) is 43.3 Å². The molecule has 41 heavy (non-hydrogen) atoms. The predicted molar refractivity (Wildman–Crippen MR) is 161 cm³/mol. The lowest BCUT2D eigenvalue weighted by atomic mass is 10.1. The van der Waals surface area contributed by atoms with Gasteiger partial charge in [-0.05, 0) is 82.1 Å². The van der Waals surface area contributed by atoms with Gasteiger partial charge in [0.1, 0.15) is 18.4 Å². The molecule has 3 aromatic rings. The second-order valence-corrected chi connectivity index (χ2v) is 13.4. The largest absolute Gasteiger partial charge is 0.350 e. The molecular weight excluding hydrogens is 588 g/mol. The number of anilines is 1. The van der Waals surface area contributed by atoms with E-state index in [9.17, 15) is 22.4 Å². The second kappa shape index (κ2) is 13.2. The van der Waals surface area contributed by atoms with Crippen molar-refractivity contribution in [1.29, 1.82) is 0 Å². The maximum absolute atomic E-state index is 14.1. The average Bonchev–Trinajstić information content (AvgIpc) is 2.89. The van der Waals surface area contributed by atoms with Crippen LogP contribution in [0.5, 0.6) is 0 Å². The monoisotopic (exact) mass is 621 g/mol. The zero-order valence-electron chi connectivity index (χ0n) is 23.6. The fraction of sp³-hybridized carbons (Fsp3) is 0.333. The van der Waals surface area contributed by atoms with Crippen LogP contribution in [0, 0.1) is 12.7 Å². The molecule has 7 nitrogen and oxygen atoms in total. The van der Waals surface area contributed by atoms with E-state index < -0.39 is 45.8 Å². The molecule has 1 atom stereocenters. The van der Waals surface area contributed by atoms with Crippen molar-refractivity contribution in [1.82, 2.24) is 10.2 Å². The molecule has 1 unspecified atom stereocenters. The summed E-state index contributed by atoms with van der Waals surface area (Å²) in [5.74, 6) is -1.50. The van der Waals surface area contributed by atoms with Crippen molar-refractivity contribution >= 4 is 50.7 Å². The molecule has 0 fully saturated rings. The number of hydrogen-bond acceptors (Lipinski definition) is 4. The lowest BCUT2D eigenvalue weighted by molar-refractivity contribution is -0.141. The number of sulfonamides is 1. The summed E-state index contributed by atoms with van der Waals surface area (Å²) in [7, 11) is -4.31. The first-order valence-electron chi connectivity index (χ1n) is 13.0. The first kappa shape index (κ1) is 32.4. The molecule has 0 bridgehead atoms. The molecule has 0 spiro atoms. The van der Waals surface area contributed by atoms with Gasteiger partial charge in [-0.15, -0.1) is 0 Å². The number of hydrogen-bond donors (Lipinski definition) is 1. The minimum absolute atomic E-state index is 0.0158. The Hall–Kier alpha value is -3.14. The van der Waals surface area contributed by atoms with Gasteiger partial charge in [0.15, 0.2) is 0 Å². The number of benzene rings is 3. The quantitative estimate of drug-likeness (QED) is 0.285. The van der Waals surface area contributed by atoms with Crippen LogP contribution in [0.3, 0.4) is 0 Å². The lowest BCUT2D eigenvalue weighted by Crippen LogP contribution is -2.55. The highest BCUT2D eigenvalue weighted by Gasteiger charge is 2.35. The molecule has 0 saturated heterocycles. The summed E-state index contributed by atoms with van der Waals surface area (Å²) in [6.07, 6.45) is 0.248. The lowest BCUT2D eigenvalue weighted by Gasteiger charge is -2.35. The molecule has 0 radical (unpaired) electrons. The summed E-state index contributed by atoms with van der Waals surface area (Å²) < 4.78 is 42.4. The van der Waals surface area contributed by atoms with E-state index in [1.165, 1.54) is 59.5 Å². The van der Waals surface area contributed by atoms with Crippen molar-refractivity contribution < 1.29 is 22.4 Å². The molecule has 1 N–H and O–H groups in total. The van der Waals surface area contributed by atoms with E-state index in [-0.39, 0.29) is 33.6 Å². The Morgan fingerprint density at radius 1 is 0.976 bits per heavy atom. The summed E-state index contributed by atoms with van der Waals surface area (Å²) in [4.78, 5) is 28.7. The number of amides is 2. The van der Waals surface area contributed by atoms with Gasteiger partial charge in [0.2, 0.25) is 11.8 Å². The summed E-state index contributed by atoms with van der Waals surface area (Å²) >= 11 is 12.7. The van der Waals surface area contributed by atoms with Gasteiger partial charge in [-0.1, -0.05) is 60.0 Å². The summed E-state index contributed by atoms with van der Waals surface area (Å²) in [5, 5.41) is 3.19. The van der Waals surface area contributed by atoms with Crippen LogP contribution in [0.15, 0.2) is 71.6 Å². The molecule has 2 amide bonds. The fourth-order valence-corrected chi connectivity index (χ4v) is 6.05. The Morgan fingerprint density at radius 2 is 1.59 bits per heavy atom. The van der Waals surface area contributed by atoms with Gasteiger partial charge in [-0.2, -0.15) is 0 Å². The highest BCUT2D eigenvalue weighted by molar-refractivity contribution is 7.92. The molecule has 220 valence electrons. The van der Waals surface area contributed by atoms with E-state index >= 15 is 0 Å². The average molecular weight is 623 g/mol. The van der Waals surface area contributed by atoms with Gasteiger partial charge >= 0.3 is 0 Å². The second-order valence-electron chi connectivity index (χ2n) is 10.7. The Morgan fingerprint density at radius 3 is 2.15 bits per heavy atom. The van der Waals surface area contributed by atoms with Crippen LogP contribution in [0.1, 0.15) is 45.2 Å². The number of nitrogens with zero attached hydrogens (tertiary/aromatic N) is 2. The Labute approximate surface area is 251 Å². The number of carbonyl (C=O) groups is 2. The third-order valence-corrected chi connectivity index (χ3v) is 8.54. The van der Waals surface area contributed by atoms with Gasteiger partial charge in [0.05, 0.1) is 15.6 Å². The van der Waals surface area contributed by atoms with Crippen LogP contribution in [0.2, 0.25) is 10.0 Å². The van der Waals surface area contributed by atoms with Crippen molar-refractivity contribution in [2.75, 3.05) is 10.8 Å². The first-order chi connectivity index (χ1) is 19.1. The first-order valence-corrected chi connectivity index (χ1v) is 15.2. The van der Waals surface area contributed by atoms with Crippen molar-refractivity contribution in [2.24, 2.45) is 0 Å². The maximum Gasteiger partial charge on any atom is 0.264 e. The number of nitrogens with one attached hydrogen (secondary N) is 1. The molecule has 0 aliphatic rings. The molecule has 3 aromatic carbocycles.